The second-order valence-electron chi connectivity index (χ2n) is 5.46. The van der Waals surface area contributed by atoms with E-state index in [1.54, 1.807) is 7.05 Å². The number of nitrogens with one attached hydrogen (secondary N) is 1. The predicted octanol–water partition coefficient (Wildman–Crippen LogP) is 0.487. The smallest absolute Gasteiger partial charge is 0.239 e. The summed E-state index contributed by atoms with van der Waals surface area (Å²) >= 11 is 0. The van der Waals surface area contributed by atoms with Crippen molar-refractivity contribution in [3.8, 4) is 0 Å². The standard InChI is InChI=1S/C12H25N3O2/c1-9(2)14-10(16)8-15(5)11(17)6-7-12(3,4)13/h9H,6-8,13H2,1-5H3,(H,14,16). The fourth-order valence-corrected chi connectivity index (χ4v) is 1.29. The molecule has 0 bridgehead atoms. The first-order valence-corrected chi connectivity index (χ1v) is 5.94. The fraction of sp³-hybridized carbons (Fsp3) is 0.833. The molecule has 0 saturated carbocycles. The number of carbonyl (C=O) groups is 2. The van der Waals surface area contributed by atoms with Crippen LogP contribution in [0.25, 0.3) is 0 Å². The predicted molar refractivity (Wildman–Crippen MR) is 68.4 cm³/mol. The molecule has 0 aromatic rings. The van der Waals surface area contributed by atoms with Crippen LogP contribution in [-0.4, -0.2) is 41.9 Å². The van der Waals surface area contributed by atoms with Gasteiger partial charge in [0, 0.05) is 25.0 Å². The summed E-state index contributed by atoms with van der Waals surface area (Å²) in [6.07, 6.45) is 0.983. The zero-order chi connectivity index (χ0) is 13.6. The maximum atomic E-state index is 11.7. The third-order valence-corrected chi connectivity index (χ3v) is 2.24. The van der Waals surface area contributed by atoms with Gasteiger partial charge in [0.15, 0.2) is 0 Å². The molecule has 2 amide bonds. The van der Waals surface area contributed by atoms with E-state index in [1.807, 2.05) is 27.7 Å². The summed E-state index contributed by atoms with van der Waals surface area (Å²) in [5.41, 5.74) is 5.45. The van der Waals surface area contributed by atoms with Crippen LogP contribution in [-0.2, 0) is 9.59 Å². The first kappa shape index (κ1) is 15.9. The lowest BCUT2D eigenvalue weighted by molar-refractivity contribution is -0.135. The van der Waals surface area contributed by atoms with Crippen LogP contribution in [0.1, 0.15) is 40.5 Å². The second kappa shape index (κ2) is 6.59. The van der Waals surface area contributed by atoms with Gasteiger partial charge in [-0.15, -0.1) is 0 Å². The molecule has 0 aliphatic heterocycles. The lowest BCUT2D eigenvalue weighted by atomic mass is 10.00. The van der Waals surface area contributed by atoms with Gasteiger partial charge in [0.1, 0.15) is 0 Å². The minimum absolute atomic E-state index is 0.0533. The Morgan fingerprint density at radius 2 is 1.88 bits per heavy atom. The number of hydrogen-bond donors (Lipinski definition) is 2. The van der Waals surface area contributed by atoms with Crippen molar-refractivity contribution >= 4 is 11.8 Å². The summed E-state index contributed by atoms with van der Waals surface area (Å²) in [5, 5.41) is 2.74. The Hall–Kier alpha value is -1.10. The molecule has 0 rings (SSSR count). The molecule has 5 heteroatoms. The quantitative estimate of drug-likeness (QED) is 0.713. The van der Waals surface area contributed by atoms with Crippen molar-refractivity contribution in [2.75, 3.05) is 13.6 Å². The van der Waals surface area contributed by atoms with Crippen molar-refractivity contribution in [2.24, 2.45) is 5.73 Å². The molecule has 100 valence electrons. The van der Waals surface area contributed by atoms with Crippen LogP contribution in [0, 0.1) is 0 Å². The van der Waals surface area contributed by atoms with Gasteiger partial charge in [-0.3, -0.25) is 9.59 Å². The van der Waals surface area contributed by atoms with Gasteiger partial charge in [0.2, 0.25) is 11.8 Å². The van der Waals surface area contributed by atoms with Gasteiger partial charge in [0.25, 0.3) is 0 Å². The monoisotopic (exact) mass is 243 g/mol. The number of nitrogens with two attached hydrogens (primary N) is 1. The summed E-state index contributed by atoms with van der Waals surface area (Å²) in [6, 6.07) is 0.0916. The summed E-state index contributed by atoms with van der Waals surface area (Å²) in [6.45, 7) is 7.63. The number of carbonyl (C=O) groups excluding carboxylic acids is 2. The lowest BCUT2D eigenvalue weighted by Gasteiger charge is -2.21. The summed E-state index contributed by atoms with van der Waals surface area (Å²) in [7, 11) is 1.63. The van der Waals surface area contributed by atoms with E-state index < -0.39 is 0 Å². The molecular weight excluding hydrogens is 218 g/mol. The van der Waals surface area contributed by atoms with E-state index in [1.165, 1.54) is 4.90 Å². The van der Waals surface area contributed by atoms with Crippen LogP contribution >= 0.6 is 0 Å². The Kier molecular flexibility index (Phi) is 6.16. The maximum Gasteiger partial charge on any atom is 0.239 e. The Labute approximate surface area is 104 Å². The highest BCUT2D eigenvalue weighted by molar-refractivity contribution is 5.84. The zero-order valence-corrected chi connectivity index (χ0v) is 11.5. The third kappa shape index (κ3) is 8.68. The molecule has 0 heterocycles. The first-order chi connectivity index (χ1) is 7.61. The lowest BCUT2D eigenvalue weighted by Crippen LogP contribution is -2.41. The number of nitrogens with zero attached hydrogens (tertiary/aromatic N) is 1. The molecule has 5 nitrogen and oxygen atoms in total. The summed E-state index contributed by atoms with van der Waals surface area (Å²) < 4.78 is 0. The van der Waals surface area contributed by atoms with Gasteiger partial charge >= 0.3 is 0 Å². The molecule has 0 aliphatic rings. The molecule has 0 aliphatic carbocycles. The number of amides is 2. The van der Waals surface area contributed by atoms with Gasteiger partial charge in [-0.1, -0.05) is 0 Å². The minimum Gasteiger partial charge on any atom is -0.352 e. The topological polar surface area (TPSA) is 75.4 Å². The molecule has 0 aromatic carbocycles. The van der Waals surface area contributed by atoms with Crippen LogP contribution in [0.2, 0.25) is 0 Å². The van der Waals surface area contributed by atoms with Crippen LogP contribution in [0.5, 0.6) is 0 Å². The molecule has 0 spiro atoms. The number of likely N-dealkylation sites (N-methyl/N-ethyl adjacent to an activating group) is 1. The van der Waals surface area contributed by atoms with Gasteiger partial charge in [-0.25, -0.2) is 0 Å². The van der Waals surface area contributed by atoms with E-state index in [-0.39, 0.29) is 29.9 Å². The molecule has 0 radical (unpaired) electrons. The van der Waals surface area contributed by atoms with Crippen LogP contribution in [0.4, 0.5) is 0 Å². The average molecular weight is 243 g/mol. The van der Waals surface area contributed by atoms with E-state index >= 15 is 0 Å². The average Bonchev–Trinajstić information content (AvgIpc) is 2.11. The first-order valence-electron chi connectivity index (χ1n) is 5.94. The molecule has 0 aromatic heterocycles. The van der Waals surface area contributed by atoms with Crippen LogP contribution in [0.15, 0.2) is 0 Å². The van der Waals surface area contributed by atoms with Gasteiger partial charge < -0.3 is 16.0 Å². The largest absolute Gasteiger partial charge is 0.352 e. The Balaban J connectivity index is 4.02. The molecule has 0 fully saturated rings. The second-order valence-corrected chi connectivity index (χ2v) is 5.46. The van der Waals surface area contributed by atoms with Crippen molar-refractivity contribution in [2.45, 2.75) is 52.1 Å². The van der Waals surface area contributed by atoms with Crippen molar-refractivity contribution in [3.63, 3.8) is 0 Å². The molecule has 0 atom stereocenters. The van der Waals surface area contributed by atoms with Gasteiger partial charge in [0.05, 0.1) is 6.54 Å². The van der Waals surface area contributed by atoms with Gasteiger partial charge in [-0.05, 0) is 34.1 Å². The molecular formula is C12H25N3O2. The van der Waals surface area contributed by atoms with E-state index in [2.05, 4.69) is 5.32 Å². The molecule has 3 N–H and O–H groups in total. The van der Waals surface area contributed by atoms with E-state index in [0.29, 0.717) is 12.8 Å². The Morgan fingerprint density at radius 1 is 1.35 bits per heavy atom. The summed E-state index contributed by atoms with van der Waals surface area (Å²) in [5.74, 6) is -0.190. The highest BCUT2D eigenvalue weighted by atomic mass is 16.2. The van der Waals surface area contributed by atoms with Crippen molar-refractivity contribution in [3.05, 3.63) is 0 Å². The van der Waals surface area contributed by atoms with E-state index in [4.69, 9.17) is 5.73 Å². The zero-order valence-electron chi connectivity index (χ0n) is 11.5. The Bertz CT molecular complexity index is 269. The van der Waals surface area contributed by atoms with Crippen LogP contribution in [0.3, 0.4) is 0 Å². The highest BCUT2D eigenvalue weighted by Gasteiger charge is 2.17. The highest BCUT2D eigenvalue weighted by Crippen LogP contribution is 2.08. The van der Waals surface area contributed by atoms with Crippen molar-refractivity contribution < 1.29 is 9.59 Å². The number of rotatable bonds is 6. The van der Waals surface area contributed by atoms with E-state index in [0.717, 1.165) is 0 Å². The normalized spacial score (nSPS) is 11.5. The maximum absolute atomic E-state index is 11.7. The Morgan fingerprint density at radius 3 is 2.29 bits per heavy atom. The minimum atomic E-state index is -0.351. The van der Waals surface area contributed by atoms with Crippen molar-refractivity contribution in [1.29, 1.82) is 0 Å². The van der Waals surface area contributed by atoms with E-state index in [9.17, 15) is 9.59 Å². The van der Waals surface area contributed by atoms with Crippen molar-refractivity contribution in [1.82, 2.24) is 10.2 Å². The number of hydrogen-bond acceptors (Lipinski definition) is 3. The molecule has 0 unspecified atom stereocenters. The molecule has 0 saturated heterocycles. The SMILES string of the molecule is CC(C)NC(=O)CN(C)C(=O)CCC(C)(C)N. The molecule has 17 heavy (non-hydrogen) atoms. The van der Waals surface area contributed by atoms with Crippen LogP contribution < -0.4 is 11.1 Å². The van der Waals surface area contributed by atoms with Gasteiger partial charge in [-0.2, -0.15) is 0 Å². The fourth-order valence-electron chi connectivity index (χ4n) is 1.29. The summed E-state index contributed by atoms with van der Waals surface area (Å²) in [4.78, 5) is 24.6. The third-order valence-electron chi connectivity index (χ3n) is 2.24.